The first kappa shape index (κ1) is 23.3. The molecule has 1 N–H and O–H groups in total. The van der Waals surface area contributed by atoms with Crippen molar-refractivity contribution < 1.29 is 13.5 Å². The second kappa shape index (κ2) is 8.14. The van der Waals surface area contributed by atoms with Gasteiger partial charge in [0.2, 0.25) is 10.0 Å². The number of fused-ring (bicyclic) bond motifs is 2. The minimum absolute atomic E-state index is 0.0377. The van der Waals surface area contributed by atoms with E-state index < -0.39 is 21.5 Å². The Balaban J connectivity index is 1.72. The van der Waals surface area contributed by atoms with Gasteiger partial charge in [0.05, 0.1) is 11.0 Å². The van der Waals surface area contributed by atoms with Gasteiger partial charge >= 0.3 is 0 Å². The summed E-state index contributed by atoms with van der Waals surface area (Å²) >= 11 is 0. The Kier molecular flexibility index (Phi) is 6.11. The average Bonchev–Trinajstić information content (AvgIpc) is 3.10. The van der Waals surface area contributed by atoms with E-state index in [4.69, 9.17) is 0 Å². The minimum Gasteiger partial charge on any atom is -0.392 e. The van der Waals surface area contributed by atoms with E-state index in [9.17, 15) is 13.5 Å². The number of hydrogen-bond acceptors (Lipinski definition) is 3. The lowest BCUT2D eigenvalue weighted by Gasteiger charge is -2.47. The van der Waals surface area contributed by atoms with Crippen LogP contribution in [0.25, 0.3) is 0 Å². The monoisotopic (exact) mass is 447 g/mol. The Hall–Kier alpha value is -0.910. The Bertz CT molecular complexity index is 880. The summed E-state index contributed by atoms with van der Waals surface area (Å²) < 4.78 is 30.6. The molecule has 0 saturated heterocycles. The lowest BCUT2D eigenvalue weighted by molar-refractivity contribution is 0.0320. The molecule has 0 aromatic rings. The summed E-state index contributed by atoms with van der Waals surface area (Å²) in [6.45, 7) is 14.9. The van der Waals surface area contributed by atoms with Crippen LogP contribution in [-0.4, -0.2) is 36.0 Å². The van der Waals surface area contributed by atoms with E-state index >= 15 is 0 Å². The Labute approximate surface area is 189 Å². The van der Waals surface area contributed by atoms with Crippen LogP contribution in [0.3, 0.4) is 0 Å². The van der Waals surface area contributed by atoms with Gasteiger partial charge in [-0.2, -0.15) is 4.31 Å². The summed E-state index contributed by atoms with van der Waals surface area (Å²) in [7, 11) is -3.76. The molecule has 4 fully saturated rings. The molecule has 0 aliphatic heterocycles. The van der Waals surface area contributed by atoms with Gasteiger partial charge in [-0.05, 0) is 75.2 Å². The maximum Gasteiger partial charge on any atom is 0.239 e. The third kappa shape index (κ3) is 3.41. The summed E-state index contributed by atoms with van der Waals surface area (Å²) in [4.78, 5) is 0.283. The zero-order valence-electron chi connectivity index (χ0n) is 19.7. The van der Waals surface area contributed by atoms with Crippen molar-refractivity contribution in [1.82, 2.24) is 4.31 Å². The minimum atomic E-state index is -3.76. The van der Waals surface area contributed by atoms with E-state index in [-0.39, 0.29) is 22.4 Å². The highest BCUT2D eigenvalue weighted by molar-refractivity contribution is 7.93. The van der Waals surface area contributed by atoms with E-state index in [2.05, 4.69) is 33.1 Å². The lowest BCUT2D eigenvalue weighted by atomic mass is 9.68. The molecule has 174 valence electrons. The molecule has 2 bridgehead atoms. The summed E-state index contributed by atoms with van der Waals surface area (Å²) in [5.41, 5.74) is 1.36. The van der Waals surface area contributed by atoms with Gasteiger partial charge in [-0.1, -0.05) is 57.9 Å². The van der Waals surface area contributed by atoms with E-state index in [1.54, 1.807) is 0 Å². The molecular formula is C26H41NO3S. The maximum atomic E-state index is 14.4. The van der Waals surface area contributed by atoms with Gasteiger partial charge in [0, 0.05) is 17.5 Å². The SMILES string of the molecule is C=C1CC(N(C2CCCCC2)S(=O)(=O)C(=C)C23CCC(CC2O)C3(C)C)CCC1=CC. The first-order valence-electron chi connectivity index (χ1n) is 12.3. The number of aliphatic hydroxyl groups excluding tert-OH is 1. The van der Waals surface area contributed by atoms with E-state index in [1.807, 2.05) is 11.2 Å². The molecule has 4 unspecified atom stereocenters. The molecular weight excluding hydrogens is 406 g/mol. The second-order valence-electron chi connectivity index (χ2n) is 11.0. The van der Waals surface area contributed by atoms with E-state index in [0.717, 1.165) is 56.9 Å². The van der Waals surface area contributed by atoms with Crippen molar-refractivity contribution in [2.24, 2.45) is 16.7 Å². The molecule has 0 aromatic heterocycles. The maximum absolute atomic E-state index is 14.4. The first-order valence-corrected chi connectivity index (χ1v) is 13.8. The van der Waals surface area contributed by atoms with Crippen LogP contribution in [0.5, 0.6) is 0 Å². The molecule has 4 atom stereocenters. The third-order valence-electron chi connectivity index (χ3n) is 9.55. The molecule has 4 saturated carbocycles. The van der Waals surface area contributed by atoms with Crippen molar-refractivity contribution in [3.05, 3.63) is 35.3 Å². The fourth-order valence-electron chi connectivity index (χ4n) is 7.58. The summed E-state index contributed by atoms with van der Waals surface area (Å²) in [5, 5.41) is 11.1. The van der Waals surface area contributed by atoms with Crippen molar-refractivity contribution in [2.75, 3.05) is 0 Å². The number of hydrogen-bond donors (Lipinski definition) is 1. The third-order valence-corrected chi connectivity index (χ3v) is 11.7. The van der Waals surface area contributed by atoms with Crippen LogP contribution in [0.4, 0.5) is 0 Å². The van der Waals surface area contributed by atoms with Gasteiger partial charge in [-0.3, -0.25) is 0 Å². The summed E-state index contributed by atoms with van der Waals surface area (Å²) in [6, 6.07) is -0.0213. The van der Waals surface area contributed by atoms with Crippen molar-refractivity contribution in [3.63, 3.8) is 0 Å². The number of sulfonamides is 1. The predicted molar refractivity (Wildman–Crippen MR) is 127 cm³/mol. The lowest BCUT2D eigenvalue weighted by Crippen LogP contribution is -2.53. The summed E-state index contributed by atoms with van der Waals surface area (Å²) in [6.07, 6.45) is 11.5. The van der Waals surface area contributed by atoms with Gasteiger partial charge in [0.15, 0.2) is 0 Å². The van der Waals surface area contributed by atoms with Crippen molar-refractivity contribution in [2.45, 2.75) is 110 Å². The number of allylic oxidation sites excluding steroid dienone is 2. The second-order valence-corrected chi connectivity index (χ2v) is 12.9. The van der Waals surface area contributed by atoms with Gasteiger partial charge in [0.25, 0.3) is 0 Å². The molecule has 4 nitrogen and oxygen atoms in total. The highest BCUT2D eigenvalue weighted by Gasteiger charge is 2.67. The van der Waals surface area contributed by atoms with Crippen molar-refractivity contribution >= 4 is 10.0 Å². The fraction of sp³-hybridized carbons (Fsp3) is 0.769. The van der Waals surface area contributed by atoms with Gasteiger partial charge in [0.1, 0.15) is 0 Å². The Morgan fingerprint density at radius 3 is 2.32 bits per heavy atom. The van der Waals surface area contributed by atoms with Gasteiger partial charge in [-0.15, -0.1) is 0 Å². The highest BCUT2D eigenvalue weighted by Crippen LogP contribution is 2.69. The quantitative estimate of drug-likeness (QED) is 0.587. The largest absolute Gasteiger partial charge is 0.392 e. The molecule has 0 heterocycles. The van der Waals surface area contributed by atoms with Crippen LogP contribution < -0.4 is 0 Å². The number of aliphatic hydroxyl groups is 1. The van der Waals surface area contributed by atoms with Gasteiger partial charge in [-0.25, -0.2) is 8.42 Å². The molecule has 5 heteroatoms. The smallest absolute Gasteiger partial charge is 0.239 e. The molecule has 31 heavy (non-hydrogen) atoms. The van der Waals surface area contributed by atoms with Crippen molar-refractivity contribution in [1.29, 1.82) is 0 Å². The fourth-order valence-corrected chi connectivity index (χ4v) is 9.97. The Morgan fingerprint density at radius 2 is 1.81 bits per heavy atom. The van der Waals surface area contributed by atoms with Crippen LogP contribution >= 0.6 is 0 Å². The molecule has 4 aliphatic rings. The predicted octanol–water partition coefficient (Wildman–Crippen LogP) is 5.71. The van der Waals surface area contributed by atoms with E-state index in [0.29, 0.717) is 18.8 Å². The molecule has 4 aliphatic carbocycles. The standard InChI is InChI=1S/C26H41NO3S/c1-6-20-12-13-23(16-18(20)2)27(22-10-8-7-9-11-22)31(29,30)19(3)26-15-14-21(17-24(26)28)25(26,4)5/h6,21-24,28H,2-3,7-17H2,1,4-5H3. The number of nitrogens with zero attached hydrogens (tertiary/aromatic N) is 1. The molecule has 0 amide bonds. The van der Waals surface area contributed by atoms with Crippen molar-refractivity contribution in [3.8, 4) is 0 Å². The molecule has 0 aromatic carbocycles. The zero-order chi connectivity index (χ0) is 22.6. The number of rotatable bonds is 5. The average molecular weight is 448 g/mol. The first-order chi connectivity index (χ1) is 14.6. The topological polar surface area (TPSA) is 57.6 Å². The van der Waals surface area contributed by atoms with Crippen LogP contribution in [0.15, 0.2) is 35.3 Å². The molecule has 0 radical (unpaired) electrons. The molecule has 0 spiro atoms. The van der Waals surface area contributed by atoms with Crippen LogP contribution in [0, 0.1) is 16.7 Å². The Morgan fingerprint density at radius 1 is 1.13 bits per heavy atom. The zero-order valence-corrected chi connectivity index (χ0v) is 20.5. The highest BCUT2D eigenvalue weighted by atomic mass is 32.2. The van der Waals surface area contributed by atoms with E-state index in [1.165, 1.54) is 12.0 Å². The van der Waals surface area contributed by atoms with Gasteiger partial charge < -0.3 is 5.11 Å². The van der Waals surface area contributed by atoms with Crippen LogP contribution in [0.2, 0.25) is 0 Å². The van der Waals surface area contributed by atoms with Crippen LogP contribution in [-0.2, 0) is 10.0 Å². The molecule has 4 rings (SSSR count). The summed E-state index contributed by atoms with van der Waals surface area (Å²) in [5.74, 6) is 0.365. The van der Waals surface area contributed by atoms with Crippen LogP contribution in [0.1, 0.15) is 91.4 Å². The normalized spacial score (nSPS) is 37.6.